The third-order valence-corrected chi connectivity index (χ3v) is 3.93. The average Bonchev–Trinajstić information content (AvgIpc) is 2.63. The summed E-state index contributed by atoms with van der Waals surface area (Å²) in [5, 5.41) is 5.72. The smallest absolute Gasteiger partial charge is 0.319 e. The number of hydrogen-bond acceptors (Lipinski definition) is 3. The molecule has 2 N–H and O–H groups in total. The molecule has 0 aliphatic rings. The highest BCUT2D eigenvalue weighted by molar-refractivity contribution is 5.89. The molecular weight excluding hydrogens is 326 g/mol. The average molecular weight is 355 g/mol. The number of ether oxygens (including phenoxy) is 1. The summed E-state index contributed by atoms with van der Waals surface area (Å²) in [5.41, 5.74) is 3.11. The van der Waals surface area contributed by atoms with Crippen molar-refractivity contribution in [3.63, 3.8) is 0 Å². The maximum Gasteiger partial charge on any atom is 0.319 e. The number of anilines is 1. The lowest BCUT2D eigenvalue weighted by atomic mass is 10.1. The third-order valence-electron chi connectivity index (χ3n) is 3.93. The van der Waals surface area contributed by atoms with E-state index in [0.717, 1.165) is 36.4 Å². The lowest BCUT2D eigenvalue weighted by Gasteiger charge is -2.11. The Morgan fingerprint density at radius 1 is 1.00 bits per heavy atom. The zero-order valence-corrected chi connectivity index (χ0v) is 15.9. The molecule has 0 spiro atoms. The number of aryl methyl sites for hydroxylation is 1. The van der Waals surface area contributed by atoms with Crippen LogP contribution in [0.5, 0.6) is 5.75 Å². The standard InChI is InChI=1S/C21H29N3O2/c1-4-5-17-6-10-19(11-7-17)23-21(25)22-16-18-8-12-20(13-9-18)26-15-14-24(2)3/h6-13H,4-5,14-16H2,1-3H3,(H2,22,23,25). The Hall–Kier alpha value is -2.53. The van der Waals surface area contributed by atoms with E-state index in [2.05, 4.69) is 22.5 Å². The zero-order chi connectivity index (χ0) is 18.8. The molecule has 2 aromatic carbocycles. The van der Waals surface area contributed by atoms with Crippen molar-refractivity contribution in [2.45, 2.75) is 26.3 Å². The quantitative estimate of drug-likeness (QED) is 0.717. The van der Waals surface area contributed by atoms with Crippen LogP contribution in [0.4, 0.5) is 10.5 Å². The van der Waals surface area contributed by atoms with Crippen LogP contribution >= 0.6 is 0 Å². The van der Waals surface area contributed by atoms with Crippen LogP contribution in [0.3, 0.4) is 0 Å². The number of carbonyl (C=O) groups excluding carboxylic acids is 1. The van der Waals surface area contributed by atoms with Crippen molar-refractivity contribution in [1.29, 1.82) is 0 Å². The van der Waals surface area contributed by atoms with Gasteiger partial charge in [0.15, 0.2) is 0 Å². The predicted octanol–water partition coefficient (Wildman–Crippen LogP) is 3.90. The van der Waals surface area contributed by atoms with Crippen molar-refractivity contribution in [2.24, 2.45) is 0 Å². The largest absolute Gasteiger partial charge is 0.492 e. The van der Waals surface area contributed by atoms with E-state index in [1.807, 2.05) is 62.6 Å². The van der Waals surface area contributed by atoms with Gasteiger partial charge in [-0.25, -0.2) is 4.79 Å². The summed E-state index contributed by atoms with van der Waals surface area (Å²) < 4.78 is 5.66. The Labute approximate surface area is 156 Å². The van der Waals surface area contributed by atoms with Gasteiger partial charge < -0.3 is 20.3 Å². The van der Waals surface area contributed by atoms with Crippen LogP contribution in [0.2, 0.25) is 0 Å². The molecule has 0 aromatic heterocycles. The molecule has 2 amide bonds. The second-order valence-corrected chi connectivity index (χ2v) is 6.55. The summed E-state index contributed by atoms with van der Waals surface area (Å²) in [6.45, 7) is 4.16. The second kappa shape index (κ2) is 10.5. The summed E-state index contributed by atoms with van der Waals surface area (Å²) in [7, 11) is 4.03. The SMILES string of the molecule is CCCc1ccc(NC(=O)NCc2ccc(OCCN(C)C)cc2)cc1. The summed E-state index contributed by atoms with van der Waals surface area (Å²) in [6.07, 6.45) is 2.17. The van der Waals surface area contributed by atoms with Crippen molar-refractivity contribution >= 4 is 11.7 Å². The Kier molecular flexibility index (Phi) is 7.96. The van der Waals surface area contributed by atoms with Gasteiger partial charge in [0.05, 0.1) is 0 Å². The zero-order valence-electron chi connectivity index (χ0n) is 15.9. The van der Waals surface area contributed by atoms with Crippen molar-refractivity contribution in [1.82, 2.24) is 10.2 Å². The van der Waals surface area contributed by atoms with Crippen molar-refractivity contribution in [3.8, 4) is 5.75 Å². The maximum atomic E-state index is 12.0. The van der Waals surface area contributed by atoms with E-state index >= 15 is 0 Å². The van der Waals surface area contributed by atoms with Crippen LogP contribution in [0.25, 0.3) is 0 Å². The van der Waals surface area contributed by atoms with Crippen LogP contribution in [-0.4, -0.2) is 38.2 Å². The minimum atomic E-state index is -0.209. The van der Waals surface area contributed by atoms with Gasteiger partial charge in [0.2, 0.25) is 0 Å². The number of nitrogens with one attached hydrogen (secondary N) is 2. The Morgan fingerprint density at radius 2 is 1.65 bits per heavy atom. The molecule has 2 rings (SSSR count). The van der Waals surface area contributed by atoms with Crippen LogP contribution < -0.4 is 15.4 Å². The summed E-state index contributed by atoms with van der Waals surface area (Å²) in [5.74, 6) is 0.840. The molecule has 0 aliphatic carbocycles. The molecule has 0 aliphatic heterocycles. The van der Waals surface area contributed by atoms with Gasteiger partial charge in [-0.2, -0.15) is 0 Å². The van der Waals surface area contributed by atoms with E-state index in [1.165, 1.54) is 5.56 Å². The number of nitrogens with zero attached hydrogens (tertiary/aromatic N) is 1. The number of benzene rings is 2. The highest BCUT2D eigenvalue weighted by atomic mass is 16.5. The molecule has 2 aromatic rings. The van der Waals surface area contributed by atoms with E-state index in [4.69, 9.17) is 4.74 Å². The van der Waals surface area contributed by atoms with Gasteiger partial charge in [0, 0.05) is 18.8 Å². The lowest BCUT2D eigenvalue weighted by Crippen LogP contribution is -2.28. The number of rotatable bonds is 9. The number of hydrogen-bond donors (Lipinski definition) is 2. The molecule has 0 fully saturated rings. The van der Waals surface area contributed by atoms with Crippen molar-refractivity contribution < 1.29 is 9.53 Å². The third kappa shape index (κ3) is 7.15. The Bertz CT molecular complexity index is 667. The van der Waals surface area contributed by atoms with Crippen LogP contribution in [0, 0.1) is 0 Å². The molecule has 0 saturated carbocycles. The van der Waals surface area contributed by atoms with Gasteiger partial charge in [-0.3, -0.25) is 0 Å². The number of carbonyl (C=O) groups is 1. The fourth-order valence-electron chi connectivity index (χ4n) is 2.45. The minimum Gasteiger partial charge on any atom is -0.492 e. The van der Waals surface area contributed by atoms with Crippen molar-refractivity contribution in [2.75, 3.05) is 32.6 Å². The van der Waals surface area contributed by atoms with Gasteiger partial charge in [0.25, 0.3) is 0 Å². The molecule has 0 saturated heterocycles. The molecule has 140 valence electrons. The van der Waals surface area contributed by atoms with Crippen molar-refractivity contribution in [3.05, 3.63) is 59.7 Å². The first-order valence-corrected chi connectivity index (χ1v) is 9.07. The molecule has 5 heteroatoms. The predicted molar refractivity (Wildman–Crippen MR) is 107 cm³/mol. The van der Waals surface area contributed by atoms with E-state index in [1.54, 1.807) is 0 Å². The molecule has 0 radical (unpaired) electrons. The fraction of sp³-hybridized carbons (Fsp3) is 0.381. The number of amides is 2. The Balaban J connectivity index is 1.74. The van der Waals surface area contributed by atoms with Gasteiger partial charge in [0.1, 0.15) is 12.4 Å². The molecule has 0 bridgehead atoms. The first kappa shape index (κ1) is 19.8. The highest BCUT2D eigenvalue weighted by Crippen LogP contribution is 2.13. The number of urea groups is 1. The summed E-state index contributed by atoms with van der Waals surface area (Å²) in [6, 6.07) is 15.5. The van der Waals surface area contributed by atoms with E-state index in [9.17, 15) is 4.79 Å². The van der Waals surface area contributed by atoms with Gasteiger partial charge in [-0.15, -0.1) is 0 Å². The molecule has 5 nitrogen and oxygen atoms in total. The van der Waals surface area contributed by atoms with Gasteiger partial charge in [-0.05, 0) is 55.9 Å². The lowest BCUT2D eigenvalue weighted by molar-refractivity contribution is 0.251. The van der Waals surface area contributed by atoms with E-state index in [-0.39, 0.29) is 6.03 Å². The summed E-state index contributed by atoms with van der Waals surface area (Å²) in [4.78, 5) is 14.1. The topological polar surface area (TPSA) is 53.6 Å². The normalized spacial score (nSPS) is 10.6. The highest BCUT2D eigenvalue weighted by Gasteiger charge is 2.03. The summed E-state index contributed by atoms with van der Waals surface area (Å²) >= 11 is 0. The van der Waals surface area contributed by atoms with E-state index in [0.29, 0.717) is 13.2 Å². The minimum absolute atomic E-state index is 0.209. The van der Waals surface area contributed by atoms with E-state index < -0.39 is 0 Å². The molecular formula is C21H29N3O2. The first-order valence-electron chi connectivity index (χ1n) is 9.07. The molecule has 0 unspecified atom stereocenters. The maximum absolute atomic E-state index is 12.0. The van der Waals surface area contributed by atoms with Crippen LogP contribution in [-0.2, 0) is 13.0 Å². The molecule has 0 atom stereocenters. The first-order chi connectivity index (χ1) is 12.6. The number of likely N-dealkylation sites (N-methyl/N-ethyl adjacent to an activating group) is 1. The van der Waals surface area contributed by atoms with Crippen LogP contribution in [0.15, 0.2) is 48.5 Å². The fourth-order valence-corrected chi connectivity index (χ4v) is 2.45. The Morgan fingerprint density at radius 3 is 2.27 bits per heavy atom. The van der Waals surface area contributed by atoms with Gasteiger partial charge in [-0.1, -0.05) is 37.6 Å². The monoisotopic (exact) mass is 355 g/mol. The van der Waals surface area contributed by atoms with Gasteiger partial charge >= 0.3 is 6.03 Å². The van der Waals surface area contributed by atoms with Crippen LogP contribution in [0.1, 0.15) is 24.5 Å². The molecule has 0 heterocycles. The second-order valence-electron chi connectivity index (χ2n) is 6.55. The molecule has 26 heavy (non-hydrogen) atoms.